The molecule has 0 amide bonds. The number of likely N-dealkylation sites (N-methyl/N-ethyl adjacent to an activating group) is 1. The molecule has 0 saturated carbocycles. The highest BCUT2D eigenvalue weighted by Crippen LogP contribution is 1.72. The molecule has 50 valence electrons. The highest BCUT2D eigenvalue weighted by Gasteiger charge is 1.94. The van der Waals surface area contributed by atoms with E-state index in [9.17, 15) is 9.59 Å². The molecule has 0 unspecified atom stereocenters. The molecule has 0 aliphatic rings. The van der Waals surface area contributed by atoms with Crippen molar-refractivity contribution in [1.82, 2.24) is 5.32 Å². The second-order valence-electron chi connectivity index (χ2n) is 1.26. The molecule has 0 rings (SSSR count). The van der Waals surface area contributed by atoms with Crippen LogP contribution in [-0.2, 0) is 14.3 Å². The molecule has 0 heterocycles. The summed E-state index contributed by atoms with van der Waals surface area (Å²) < 4.78 is 4.18. The van der Waals surface area contributed by atoms with Crippen LogP contribution < -0.4 is 5.32 Å². The molecule has 0 fully saturated rings. The molecule has 0 spiro atoms. The van der Waals surface area contributed by atoms with Gasteiger partial charge in [-0.2, -0.15) is 0 Å². The summed E-state index contributed by atoms with van der Waals surface area (Å²) in [5.74, 6) is 0.812. The van der Waals surface area contributed by atoms with E-state index in [1.807, 2.05) is 0 Å². The van der Waals surface area contributed by atoms with Crippen LogP contribution in [0.25, 0.3) is 0 Å². The molecule has 4 nitrogen and oxygen atoms in total. The summed E-state index contributed by atoms with van der Waals surface area (Å²) in [5, 5.41) is 2.55. The fourth-order valence-electron chi connectivity index (χ4n) is 0.276. The summed E-state index contributed by atoms with van der Waals surface area (Å²) in [6.45, 7) is 0.0954. The number of ether oxygens (including phenoxy) is 1. The van der Waals surface area contributed by atoms with Crippen LogP contribution in [0.5, 0.6) is 0 Å². The third kappa shape index (κ3) is 4.74. The first-order valence-electron chi connectivity index (χ1n) is 2.34. The number of esters is 1. The predicted molar refractivity (Wildman–Crippen MR) is 30.3 cm³/mol. The summed E-state index contributed by atoms with van der Waals surface area (Å²) >= 11 is 0. The van der Waals surface area contributed by atoms with E-state index < -0.39 is 5.97 Å². The maximum absolute atomic E-state index is 10.3. The highest BCUT2D eigenvalue weighted by atomic mass is 16.5. The average Bonchev–Trinajstić information content (AvgIpc) is 1.85. The minimum absolute atomic E-state index is 0.0954. The van der Waals surface area contributed by atoms with E-state index in [4.69, 9.17) is 0 Å². The number of rotatable bonds is 3. The summed E-state index contributed by atoms with van der Waals surface area (Å²) in [6.07, 6.45) is 0.680. The van der Waals surface area contributed by atoms with Crippen molar-refractivity contribution in [2.75, 3.05) is 13.6 Å². The lowest BCUT2D eigenvalue weighted by Crippen LogP contribution is -2.19. The predicted octanol–water partition coefficient (Wildman–Crippen LogP) is -0.906. The number of hydrogen-bond donors (Lipinski definition) is 1. The normalized spacial score (nSPS) is 7.67. The van der Waals surface area contributed by atoms with E-state index in [0.717, 1.165) is 0 Å². The molecule has 0 aliphatic carbocycles. The molecule has 0 atom stereocenters. The van der Waals surface area contributed by atoms with Crippen molar-refractivity contribution < 1.29 is 14.3 Å². The van der Waals surface area contributed by atoms with Gasteiger partial charge < -0.3 is 10.1 Å². The summed E-state index contributed by atoms with van der Waals surface area (Å²) in [7, 11) is 1.60. The molecular formula is C5H7NO3. The maximum atomic E-state index is 10.3. The Morgan fingerprint density at radius 3 is 3.00 bits per heavy atom. The van der Waals surface area contributed by atoms with Crippen LogP contribution in [0.2, 0.25) is 0 Å². The SMILES string of the molecule is CNCC(=O)OC=C=O. The Morgan fingerprint density at radius 2 is 2.56 bits per heavy atom. The second-order valence-corrected chi connectivity index (χ2v) is 1.26. The van der Waals surface area contributed by atoms with E-state index in [1.165, 1.54) is 5.94 Å². The van der Waals surface area contributed by atoms with E-state index in [-0.39, 0.29) is 6.54 Å². The van der Waals surface area contributed by atoms with Crippen LogP contribution in [0.4, 0.5) is 0 Å². The summed E-state index contributed by atoms with van der Waals surface area (Å²) in [4.78, 5) is 19.7. The molecule has 0 bridgehead atoms. The Balaban J connectivity index is 3.38. The minimum Gasteiger partial charge on any atom is -0.422 e. The Bertz CT molecular complexity index is 137. The Kier molecular flexibility index (Phi) is 4.40. The van der Waals surface area contributed by atoms with Crippen molar-refractivity contribution in [3.8, 4) is 0 Å². The monoisotopic (exact) mass is 129 g/mol. The van der Waals surface area contributed by atoms with Crippen molar-refractivity contribution in [2.45, 2.75) is 0 Å². The van der Waals surface area contributed by atoms with E-state index in [1.54, 1.807) is 7.05 Å². The number of carbonyl (C=O) groups is 1. The van der Waals surface area contributed by atoms with Gasteiger partial charge in [-0.15, -0.1) is 0 Å². The Labute approximate surface area is 52.5 Å². The van der Waals surface area contributed by atoms with Crippen LogP contribution in [0, 0.1) is 0 Å². The van der Waals surface area contributed by atoms with Crippen LogP contribution in [0.15, 0.2) is 6.26 Å². The molecule has 0 radical (unpaired) electrons. The van der Waals surface area contributed by atoms with Crippen LogP contribution in [-0.4, -0.2) is 25.5 Å². The topological polar surface area (TPSA) is 55.4 Å². The van der Waals surface area contributed by atoms with Crippen molar-refractivity contribution >= 4 is 11.9 Å². The zero-order valence-corrected chi connectivity index (χ0v) is 5.01. The molecule has 9 heavy (non-hydrogen) atoms. The fraction of sp³-hybridized carbons (Fsp3) is 0.400. The van der Waals surface area contributed by atoms with Gasteiger partial charge in [0.15, 0.2) is 12.2 Å². The minimum atomic E-state index is -0.499. The van der Waals surface area contributed by atoms with Gasteiger partial charge in [0.05, 0.1) is 6.54 Å². The molecule has 1 N–H and O–H groups in total. The third-order valence-corrected chi connectivity index (χ3v) is 0.560. The highest BCUT2D eigenvalue weighted by molar-refractivity contribution is 5.73. The molecule has 4 heteroatoms. The van der Waals surface area contributed by atoms with E-state index in [0.29, 0.717) is 6.26 Å². The molecular weight excluding hydrogens is 122 g/mol. The molecule has 0 saturated heterocycles. The van der Waals surface area contributed by atoms with Gasteiger partial charge in [-0.3, -0.25) is 4.79 Å². The largest absolute Gasteiger partial charge is 0.422 e. The maximum Gasteiger partial charge on any atom is 0.325 e. The van der Waals surface area contributed by atoms with Gasteiger partial charge >= 0.3 is 5.97 Å². The molecule has 0 aromatic rings. The molecule has 0 aromatic carbocycles. The standard InChI is InChI=1S/C5H7NO3/c1-6-4-5(8)9-3-2-7/h3,6H,4H2,1H3. The van der Waals surface area contributed by atoms with Gasteiger partial charge in [0.2, 0.25) is 0 Å². The zero-order valence-electron chi connectivity index (χ0n) is 5.01. The van der Waals surface area contributed by atoms with Gasteiger partial charge in [-0.1, -0.05) is 0 Å². The molecule has 0 aliphatic heterocycles. The average molecular weight is 129 g/mol. The summed E-state index contributed by atoms with van der Waals surface area (Å²) in [6, 6.07) is 0. The van der Waals surface area contributed by atoms with Gasteiger partial charge in [-0.05, 0) is 7.05 Å². The third-order valence-electron chi connectivity index (χ3n) is 0.560. The first-order valence-corrected chi connectivity index (χ1v) is 2.34. The van der Waals surface area contributed by atoms with Gasteiger partial charge in [0, 0.05) is 0 Å². The van der Waals surface area contributed by atoms with Crippen molar-refractivity contribution in [3.05, 3.63) is 6.26 Å². The van der Waals surface area contributed by atoms with Crippen LogP contribution in [0.1, 0.15) is 0 Å². The first kappa shape index (κ1) is 7.88. The second kappa shape index (κ2) is 5.03. The van der Waals surface area contributed by atoms with E-state index >= 15 is 0 Å². The number of carbonyl (C=O) groups excluding carboxylic acids is 2. The molecule has 0 aromatic heterocycles. The lowest BCUT2D eigenvalue weighted by Gasteiger charge is -1.92. The Morgan fingerprint density at radius 1 is 1.89 bits per heavy atom. The number of nitrogens with one attached hydrogen (secondary N) is 1. The lowest BCUT2D eigenvalue weighted by molar-refractivity contribution is -0.136. The van der Waals surface area contributed by atoms with E-state index in [2.05, 4.69) is 10.1 Å². The van der Waals surface area contributed by atoms with Crippen LogP contribution >= 0.6 is 0 Å². The van der Waals surface area contributed by atoms with Gasteiger partial charge in [0.1, 0.15) is 0 Å². The van der Waals surface area contributed by atoms with Crippen molar-refractivity contribution in [2.24, 2.45) is 0 Å². The van der Waals surface area contributed by atoms with Crippen molar-refractivity contribution in [1.29, 1.82) is 0 Å². The summed E-state index contributed by atoms with van der Waals surface area (Å²) in [5.41, 5.74) is 0. The number of hydrogen-bond acceptors (Lipinski definition) is 4. The zero-order chi connectivity index (χ0) is 7.11. The fourth-order valence-corrected chi connectivity index (χ4v) is 0.276. The quantitative estimate of drug-likeness (QED) is 0.304. The van der Waals surface area contributed by atoms with Crippen molar-refractivity contribution in [3.63, 3.8) is 0 Å². The Hall–Kier alpha value is -1.12. The smallest absolute Gasteiger partial charge is 0.325 e. The van der Waals surface area contributed by atoms with Gasteiger partial charge in [0.25, 0.3) is 0 Å². The lowest BCUT2D eigenvalue weighted by atomic mass is 10.7. The first-order chi connectivity index (χ1) is 4.31. The van der Waals surface area contributed by atoms with Gasteiger partial charge in [-0.25, -0.2) is 4.79 Å². The van der Waals surface area contributed by atoms with Crippen LogP contribution in [0.3, 0.4) is 0 Å².